The highest BCUT2D eigenvalue weighted by Crippen LogP contribution is 2.46. The Morgan fingerprint density at radius 1 is 1.32 bits per heavy atom. The molecule has 3 aromatic rings. The molecular weight excluding hydrogens is 438 g/mol. The minimum absolute atomic E-state index is 0.0789. The number of carboxylic acid groups (broad SMARTS) is 1. The maximum Gasteiger partial charge on any atom is 0.357 e. The second-order valence-corrected chi connectivity index (χ2v) is 10.1. The first-order valence-electron chi connectivity index (χ1n) is 10.1. The number of aryl methyl sites for hydroxylation is 1. The van der Waals surface area contributed by atoms with Crippen LogP contribution in [0.3, 0.4) is 0 Å². The van der Waals surface area contributed by atoms with Gasteiger partial charge < -0.3 is 15.3 Å². The number of nitrogens with one attached hydrogen (secondary N) is 1. The van der Waals surface area contributed by atoms with Gasteiger partial charge in [0.25, 0.3) is 5.56 Å². The third-order valence-corrected chi connectivity index (χ3v) is 7.30. The number of rotatable bonds is 5. The van der Waals surface area contributed by atoms with Gasteiger partial charge >= 0.3 is 5.97 Å². The van der Waals surface area contributed by atoms with Gasteiger partial charge in [-0.25, -0.2) is 14.8 Å². The molecule has 1 saturated heterocycles. The van der Waals surface area contributed by atoms with E-state index in [2.05, 4.69) is 15.2 Å². The van der Waals surface area contributed by atoms with Gasteiger partial charge in [-0.15, -0.1) is 0 Å². The predicted octanol–water partition coefficient (Wildman–Crippen LogP) is 3.68. The van der Waals surface area contributed by atoms with Crippen molar-refractivity contribution in [3.05, 3.63) is 43.8 Å². The minimum atomic E-state index is -1.14. The number of halogens is 1. The first kappa shape index (κ1) is 20.3. The van der Waals surface area contributed by atoms with Gasteiger partial charge in [0, 0.05) is 25.7 Å². The molecule has 1 aromatic carbocycles. The van der Waals surface area contributed by atoms with Gasteiger partial charge in [0.15, 0.2) is 10.2 Å². The van der Waals surface area contributed by atoms with Gasteiger partial charge in [-0.05, 0) is 43.7 Å². The van der Waals surface area contributed by atoms with E-state index in [-0.39, 0.29) is 21.8 Å². The molecule has 10 heteroatoms. The van der Waals surface area contributed by atoms with Crippen molar-refractivity contribution >= 4 is 50.8 Å². The fraction of sp³-hybridized carbons (Fsp3) is 0.429. The van der Waals surface area contributed by atoms with Gasteiger partial charge in [-0.3, -0.25) is 9.36 Å². The van der Waals surface area contributed by atoms with E-state index in [0.717, 1.165) is 47.4 Å². The molecular formula is C21H22ClN5O3S. The van der Waals surface area contributed by atoms with Crippen molar-refractivity contribution in [2.45, 2.75) is 26.3 Å². The van der Waals surface area contributed by atoms with Crippen LogP contribution in [0.2, 0.25) is 4.47 Å². The smallest absolute Gasteiger partial charge is 0.357 e. The maximum absolute atomic E-state index is 13.2. The van der Waals surface area contributed by atoms with Crippen LogP contribution in [0.1, 0.15) is 41.0 Å². The SMILES string of the molecule is Cc1cc(C(C)Nc2sc(Cl)nc2C(=O)O)c2nc(N3CC4CC4C3)n(C)c(=O)c2c1. The van der Waals surface area contributed by atoms with Gasteiger partial charge in [-0.2, -0.15) is 0 Å². The summed E-state index contributed by atoms with van der Waals surface area (Å²) in [5.41, 5.74) is 2.21. The molecule has 3 atom stereocenters. The molecule has 0 amide bonds. The van der Waals surface area contributed by atoms with Crippen molar-refractivity contribution in [3.63, 3.8) is 0 Å². The summed E-state index contributed by atoms with van der Waals surface area (Å²) in [7, 11) is 1.77. The number of carbonyl (C=O) groups is 1. The first-order chi connectivity index (χ1) is 14.7. The Kier molecular flexibility index (Phi) is 4.71. The molecule has 162 valence electrons. The van der Waals surface area contributed by atoms with E-state index < -0.39 is 5.97 Å². The van der Waals surface area contributed by atoms with Gasteiger partial charge in [0.05, 0.1) is 16.9 Å². The predicted molar refractivity (Wildman–Crippen MR) is 122 cm³/mol. The summed E-state index contributed by atoms with van der Waals surface area (Å²) in [6.07, 6.45) is 1.27. The van der Waals surface area contributed by atoms with Gasteiger partial charge in [0.1, 0.15) is 5.00 Å². The number of thiazole rings is 1. The molecule has 2 aliphatic rings. The van der Waals surface area contributed by atoms with Crippen LogP contribution in [-0.2, 0) is 7.05 Å². The molecule has 0 spiro atoms. The van der Waals surface area contributed by atoms with Crippen LogP contribution in [0, 0.1) is 18.8 Å². The highest BCUT2D eigenvalue weighted by molar-refractivity contribution is 7.19. The zero-order valence-corrected chi connectivity index (χ0v) is 18.9. The summed E-state index contributed by atoms with van der Waals surface area (Å²) in [5, 5.41) is 13.6. The van der Waals surface area contributed by atoms with Crippen molar-refractivity contribution in [3.8, 4) is 0 Å². The molecule has 8 nitrogen and oxygen atoms in total. The minimum Gasteiger partial charge on any atom is -0.476 e. The summed E-state index contributed by atoms with van der Waals surface area (Å²) in [5.74, 6) is 0.982. The summed E-state index contributed by atoms with van der Waals surface area (Å²) in [6, 6.07) is 3.54. The number of fused-ring (bicyclic) bond motifs is 2. The number of anilines is 2. The average Bonchev–Trinajstić information content (AvgIpc) is 3.13. The number of carboxylic acids is 1. The Morgan fingerprint density at radius 2 is 2.03 bits per heavy atom. The van der Waals surface area contributed by atoms with Crippen LogP contribution in [0.5, 0.6) is 0 Å². The number of aromatic carboxylic acids is 1. The van der Waals surface area contributed by atoms with Crippen molar-refractivity contribution in [1.82, 2.24) is 14.5 Å². The molecule has 3 unspecified atom stereocenters. The summed E-state index contributed by atoms with van der Waals surface area (Å²) < 4.78 is 1.79. The fourth-order valence-electron chi connectivity index (χ4n) is 4.53. The van der Waals surface area contributed by atoms with E-state index in [9.17, 15) is 14.7 Å². The van der Waals surface area contributed by atoms with Crippen LogP contribution in [-0.4, -0.2) is 38.7 Å². The first-order valence-corrected chi connectivity index (χ1v) is 11.3. The number of benzene rings is 1. The normalized spacial score (nSPS) is 20.7. The Morgan fingerprint density at radius 3 is 2.71 bits per heavy atom. The van der Waals surface area contributed by atoms with E-state index in [1.807, 2.05) is 26.0 Å². The molecule has 0 radical (unpaired) electrons. The van der Waals surface area contributed by atoms with Crippen molar-refractivity contribution in [1.29, 1.82) is 0 Å². The summed E-state index contributed by atoms with van der Waals surface area (Å²) in [6.45, 7) is 5.72. The second-order valence-electron chi connectivity index (χ2n) is 8.50. The van der Waals surface area contributed by atoms with E-state index in [1.165, 1.54) is 6.42 Å². The van der Waals surface area contributed by atoms with Crippen molar-refractivity contribution < 1.29 is 9.90 Å². The zero-order chi connectivity index (χ0) is 22.0. The second kappa shape index (κ2) is 7.20. The molecule has 31 heavy (non-hydrogen) atoms. The number of hydrogen-bond donors (Lipinski definition) is 2. The topological polar surface area (TPSA) is 100 Å². The van der Waals surface area contributed by atoms with Gasteiger partial charge in [-0.1, -0.05) is 29.0 Å². The number of piperidine rings is 1. The number of hydrogen-bond acceptors (Lipinski definition) is 7. The van der Waals surface area contributed by atoms with E-state index in [4.69, 9.17) is 16.6 Å². The van der Waals surface area contributed by atoms with Crippen molar-refractivity contribution in [2.75, 3.05) is 23.3 Å². The number of aromatic nitrogens is 3. The van der Waals surface area contributed by atoms with Crippen molar-refractivity contribution in [2.24, 2.45) is 18.9 Å². The van der Waals surface area contributed by atoms with E-state index in [1.54, 1.807) is 11.6 Å². The summed E-state index contributed by atoms with van der Waals surface area (Å²) >= 11 is 7.03. The molecule has 3 heterocycles. The Hall–Kier alpha value is -2.65. The van der Waals surface area contributed by atoms with Crippen LogP contribution in [0.4, 0.5) is 10.9 Å². The quantitative estimate of drug-likeness (QED) is 0.600. The lowest BCUT2D eigenvalue weighted by Gasteiger charge is -2.23. The third-order valence-electron chi connectivity index (χ3n) is 6.21. The molecule has 2 N–H and O–H groups in total. The molecule has 5 rings (SSSR count). The van der Waals surface area contributed by atoms with E-state index in [0.29, 0.717) is 21.9 Å². The van der Waals surface area contributed by atoms with Crippen LogP contribution in [0.25, 0.3) is 10.9 Å². The lowest BCUT2D eigenvalue weighted by Crippen LogP contribution is -2.31. The largest absolute Gasteiger partial charge is 0.476 e. The standard InChI is InChI=1S/C21H22ClN5O3S/c1-9-4-13(10(2)23-17-16(19(29)30)24-20(22)31-17)15-14(5-9)18(28)26(3)21(25-15)27-7-11-6-12(11)8-27/h4-5,10-12,23H,6-8H2,1-3H3,(H,29,30). The Bertz CT molecular complexity index is 1280. The highest BCUT2D eigenvalue weighted by atomic mass is 35.5. The lowest BCUT2D eigenvalue weighted by atomic mass is 10.0. The van der Waals surface area contributed by atoms with Crippen LogP contribution in [0.15, 0.2) is 16.9 Å². The Labute approximate surface area is 187 Å². The molecule has 0 bridgehead atoms. The third kappa shape index (κ3) is 3.45. The number of nitrogens with zero attached hydrogens (tertiary/aromatic N) is 4. The highest BCUT2D eigenvalue weighted by Gasteiger charge is 2.46. The monoisotopic (exact) mass is 459 g/mol. The molecule has 1 aliphatic heterocycles. The van der Waals surface area contributed by atoms with Crippen LogP contribution < -0.4 is 15.8 Å². The molecule has 2 fully saturated rings. The fourth-order valence-corrected chi connectivity index (χ4v) is 5.61. The molecule has 2 aromatic heterocycles. The maximum atomic E-state index is 13.2. The lowest BCUT2D eigenvalue weighted by molar-refractivity contribution is 0.0692. The molecule has 1 saturated carbocycles. The van der Waals surface area contributed by atoms with Gasteiger partial charge in [0.2, 0.25) is 5.95 Å². The average molecular weight is 460 g/mol. The zero-order valence-electron chi connectivity index (χ0n) is 17.3. The Balaban J connectivity index is 1.60. The summed E-state index contributed by atoms with van der Waals surface area (Å²) in [4.78, 5) is 35.7. The van der Waals surface area contributed by atoms with Crippen LogP contribution >= 0.6 is 22.9 Å². The molecule has 1 aliphatic carbocycles. The van der Waals surface area contributed by atoms with E-state index >= 15 is 0 Å².